The molecule has 1 amide bonds. The Bertz CT molecular complexity index is 1310. The molecule has 5 heterocycles. The summed E-state index contributed by atoms with van der Waals surface area (Å²) in [5, 5.41) is 15.6. The Morgan fingerprint density at radius 2 is 2.06 bits per heavy atom. The lowest BCUT2D eigenvalue weighted by Gasteiger charge is -2.34. The zero-order valence-electron chi connectivity index (χ0n) is 19.1. The number of amides is 1. The summed E-state index contributed by atoms with van der Waals surface area (Å²) in [7, 11) is 0. The molecule has 0 bridgehead atoms. The van der Waals surface area contributed by atoms with Gasteiger partial charge in [0.25, 0.3) is 0 Å². The van der Waals surface area contributed by atoms with Gasteiger partial charge in [-0.15, -0.1) is 0 Å². The summed E-state index contributed by atoms with van der Waals surface area (Å²) in [4.78, 5) is 19.6. The van der Waals surface area contributed by atoms with Crippen molar-refractivity contribution in [2.45, 2.75) is 31.7 Å². The highest BCUT2D eigenvalue weighted by molar-refractivity contribution is 5.95. The molecular weight excluding hydrogens is 430 g/mol. The van der Waals surface area contributed by atoms with E-state index in [-0.39, 0.29) is 17.9 Å². The van der Waals surface area contributed by atoms with E-state index in [2.05, 4.69) is 62.8 Å². The minimum atomic E-state index is -0.0758. The summed E-state index contributed by atoms with van der Waals surface area (Å²) in [6.45, 7) is 5.06. The third-order valence-electron chi connectivity index (χ3n) is 6.81. The van der Waals surface area contributed by atoms with Crippen molar-refractivity contribution in [2.75, 3.05) is 31.2 Å². The van der Waals surface area contributed by atoms with E-state index in [0.717, 1.165) is 65.3 Å². The van der Waals surface area contributed by atoms with Crippen LogP contribution in [0.5, 0.6) is 0 Å². The second-order valence-corrected chi connectivity index (χ2v) is 8.99. The van der Waals surface area contributed by atoms with Crippen LogP contribution in [0.15, 0.2) is 48.8 Å². The number of rotatable bonds is 4. The first-order valence-electron chi connectivity index (χ1n) is 11.8. The van der Waals surface area contributed by atoms with Gasteiger partial charge in [-0.05, 0) is 42.5 Å². The molecule has 1 aromatic carbocycles. The monoisotopic (exact) mass is 457 g/mol. The molecule has 34 heavy (non-hydrogen) atoms. The average Bonchev–Trinajstić information content (AvgIpc) is 3.54. The number of hydrogen-bond donors (Lipinski definition) is 2. The highest BCUT2D eigenvalue weighted by Gasteiger charge is 2.25. The van der Waals surface area contributed by atoms with Crippen LogP contribution in [-0.4, -0.2) is 63.2 Å². The molecule has 4 aromatic rings. The number of hydrogen-bond acceptors (Lipinski definition) is 6. The molecule has 9 heteroatoms. The van der Waals surface area contributed by atoms with Gasteiger partial charge in [0.2, 0.25) is 5.91 Å². The van der Waals surface area contributed by atoms with Gasteiger partial charge in [0.05, 0.1) is 37.6 Å². The molecule has 2 atom stereocenters. The SMILES string of the molecule is C[C@@H]1COCCN1c1cc(-c2ccc(C3CCCNC3=O)cc2)c2cnn(-c3ccn[nH]3)c2n1. The van der Waals surface area contributed by atoms with Crippen molar-refractivity contribution >= 4 is 22.8 Å². The highest BCUT2D eigenvalue weighted by Crippen LogP contribution is 2.34. The second kappa shape index (κ2) is 8.57. The van der Waals surface area contributed by atoms with Gasteiger partial charge >= 0.3 is 0 Å². The standard InChI is InChI=1S/C25H27N7O2/c1-16-15-34-12-11-31(16)23-13-20(21-14-28-32(24(21)29-23)22-8-10-27-30-22)18-6-4-17(5-7-18)19-3-2-9-26-25(19)33/h4-8,10,13-14,16,19H,2-3,9,11-12,15H2,1H3,(H,26,33)(H,27,30)/t16-,19?/m1/s1. The van der Waals surface area contributed by atoms with Gasteiger partial charge in [-0.2, -0.15) is 14.9 Å². The van der Waals surface area contributed by atoms with Crippen molar-refractivity contribution in [1.82, 2.24) is 30.3 Å². The van der Waals surface area contributed by atoms with E-state index in [1.807, 2.05) is 12.3 Å². The maximum Gasteiger partial charge on any atom is 0.227 e. The normalized spacial score (nSPS) is 21.1. The molecule has 174 valence electrons. The lowest BCUT2D eigenvalue weighted by atomic mass is 9.89. The molecule has 2 saturated heterocycles. The van der Waals surface area contributed by atoms with E-state index in [9.17, 15) is 4.79 Å². The van der Waals surface area contributed by atoms with E-state index >= 15 is 0 Å². The van der Waals surface area contributed by atoms with E-state index < -0.39 is 0 Å². The number of piperidine rings is 1. The predicted molar refractivity (Wildman–Crippen MR) is 129 cm³/mol. The van der Waals surface area contributed by atoms with Crippen LogP contribution >= 0.6 is 0 Å². The van der Waals surface area contributed by atoms with Gasteiger partial charge in [-0.1, -0.05) is 24.3 Å². The third kappa shape index (κ3) is 3.62. The zero-order valence-corrected chi connectivity index (χ0v) is 19.1. The minimum absolute atomic E-state index is 0.0758. The molecule has 2 aliphatic rings. The predicted octanol–water partition coefficient (Wildman–Crippen LogP) is 3.03. The fraction of sp³-hybridized carbons (Fsp3) is 0.360. The van der Waals surface area contributed by atoms with Crippen LogP contribution in [-0.2, 0) is 9.53 Å². The van der Waals surface area contributed by atoms with Crippen LogP contribution < -0.4 is 10.2 Å². The summed E-state index contributed by atoms with van der Waals surface area (Å²) in [6.07, 6.45) is 5.46. The first-order chi connectivity index (χ1) is 16.7. The first kappa shape index (κ1) is 20.9. The quantitative estimate of drug-likeness (QED) is 0.489. The fourth-order valence-corrected chi connectivity index (χ4v) is 4.97. The molecule has 2 aliphatic heterocycles. The van der Waals surface area contributed by atoms with Crippen molar-refractivity contribution in [3.8, 4) is 16.9 Å². The molecule has 0 radical (unpaired) electrons. The van der Waals surface area contributed by atoms with Gasteiger partial charge in [-0.25, -0.2) is 4.98 Å². The maximum atomic E-state index is 12.3. The molecule has 0 spiro atoms. The number of anilines is 1. The summed E-state index contributed by atoms with van der Waals surface area (Å²) in [6, 6.07) is 12.6. The Morgan fingerprint density at radius 3 is 2.82 bits per heavy atom. The number of nitrogens with zero attached hydrogens (tertiary/aromatic N) is 5. The smallest absolute Gasteiger partial charge is 0.227 e. The van der Waals surface area contributed by atoms with Crippen molar-refractivity contribution in [3.63, 3.8) is 0 Å². The Morgan fingerprint density at radius 1 is 1.18 bits per heavy atom. The Labute approximate surface area is 197 Å². The fourth-order valence-electron chi connectivity index (χ4n) is 4.97. The molecular formula is C25H27N7O2. The van der Waals surface area contributed by atoms with Crippen LogP contribution in [0, 0.1) is 0 Å². The summed E-state index contributed by atoms with van der Waals surface area (Å²) in [5.41, 5.74) is 3.95. The van der Waals surface area contributed by atoms with Crippen LogP contribution in [0.1, 0.15) is 31.2 Å². The summed E-state index contributed by atoms with van der Waals surface area (Å²) < 4.78 is 7.44. The van der Waals surface area contributed by atoms with Crippen molar-refractivity contribution in [3.05, 3.63) is 54.4 Å². The van der Waals surface area contributed by atoms with Crippen LogP contribution in [0.2, 0.25) is 0 Å². The molecule has 2 N–H and O–H groups in total. The highest BCUT2D eigenvalue weighted by atomic mass is 16.5. The molecule has 2 fully saturated rings. The third-order valence-corrected chi connectivity index (χ3v) is 6.81. The number of ether oxygens (including phenoxy) is 1. The van der Waals surface area contributed by atoms with Crippen LogP contribution in [0.4, 0.5) is 5.82 Å². The van der Waals surface area contributed by atoms with Crippen LogP contribution in [0.3, 0.4) is 0 Å². The molecule has 0 aliphatic carbocycles. The molecule has 0 saturated carbocycles. The Kier molecular flexibility index (Phi) is 5.26. The van der Waals surface area contributed by atoms with Crippen molar-refractivity contribution < 1.29 is 9.53 Å². The lowest BCUT2D eigenvalue weighted by molar-refractivity contribution is -0.123. The van der Waals surface area contributed by atoms with Gasteiger partial charge < -0.3 is 15.0 Å². The summed E-state index contributed by atoms with van der Waals surface area (Å²) >= 11 is 0. The van der Waals surface area contributed by atoms with Gasteiger partial charge in [-0.3, -0.25) is 9.89 Å². The van der Waals surface area contributed by atoms with Crippen LogP contribution in [0.25, 0.3) is 28.0 Å². The van der Waals surface area contributed by atoms with E-state index in [1.165, 1.54) is 0 Å². The number of benzene rings is 1. The number of aromatic amines is 1. The number of pyridine rings is 1. The zero-order chi connectivity index (χ0) is 23.1. The largest absolute Gasteiger partial charge is 0.377 e. The van der Waals surface area contributed by atoms with E-state index in [1.54, 1.807) is 10.9 Å². The number of carbonyl (C=O) groups excluding carboxylic acids is 1. The first-order valence-corrected chi connectivity index (χ1v) is 11.8. The molecule has 6 rings (SSSR count). The van der Waals surface area contributed by atoms with Crippen molar-refractivity contribution in [1.29, 1.82) is 0 Å². The van der Waals surface area contributed by atoms with Gasteiger partial charge in [0.15, 0.2) is 11.5 Å². The lowest BCUT2D eigenvalue weighted by Crippen LogP contribution is -2.44. The number of nitrogens with one attached hydrogen (secondary N) is 2. The topological polar surface area (TPSA) is 101 Å². The van der Waals surface area contributed by atoms with Crippen molar-refractivity contribution in [2.24, 2.45) is 0 Å². The van der Waals surface area contributed by atoms with Gasteiger partial charge in [0, 0.05) is 24.5 Å². The molecule has 9 nitrogen and oxygen atoms in total. The van der Waals surface area contributed by atoms with Gasteiger partial charge in [0.1, 0.15) is 5.82 Å². The Balaban J connectivity index is 1.46. The number of aromatic nitrogens is 5. The number of carbonyl (C=O) groups is 1. The van der Waals surface area contributed by atoms with E-state index in [0.29, 0.717) is 13.2 Å². The number of fused-ring (bicyclic) bond motifs is 1. The Hall–Kier alpha value is -3.72. The molecule has 3 aromatic heterocycles. The maximum absolute atomic E-state index is 12.3. The number of morpholine rings is 1. The second-order valence-electron chi connectivity index (χ2n) is 8.99. The summed E-state index contributed by atoms with van der Waals surface area (Å²) in [5.74, 6) is 1.71. The minimum Gasteiger partial charge on any atom is -0.377 e. The molecule has 1 unspecified atom stereocenters. The van der Waals surface area contributed by atoms with E-state index in [4.69, 9.17) is 9.72 Å². The number of H-pyrrole nitrogens is 1. The average molecular weight is 458 g/mol.